The third kappa shape index (κ3) is 4.91. The van der Waals surface area contributed by atoms with Crippen LogP contribution in [0.2, 0.25) is 0 Å². The fourth-order valence-corrected chi connectivity index (χ4v) is 2.91. The molecule has 0 aliphatic carbocycles. The van der Waals surface area contributed by atoms with Crippen molar-refractivity contribution in [3.05, 3.63) is 60.5 Å². The number of hydrogen-bond donors (Lipinski definition) is 0. The maximum absolute atomic E-state index is 12.3. The summed E-state index contributed by atoms with van der Waals surface area (Å²) in [6.45, 7) is 2.38. The lowest BCUT2D eigenvalue weighted by molar-refractivity contribution is -0.137. The topological polar surface area (TPSA) is 86.9 Å². The monoisotopic (exact) mass is 395 g/mol. The van der Waals surface area contributed by atoms with Gasteiger partial charge in [-0.1, -0.05) is 35.5 Å². The van der Waals surface area contributed by atoms with Crippen LogP contribution >= 0.6 is 0 Å². The Hall–Kier alpha value is -3.39. The molecule has 1 saturated heterocycles. The Morgan fingerprint density at radius 3 is 2.59 bits per heavy atom. The van der Waals surface area contributed by atoms with Gasteiger partial charge in [0.15, 0.2) is 13.2 Å². The van der Waals surface area contributed by atoms with Crippen LogP contribution < -0.4 is 9.47 Å². The first-order valence-electron chi connectivity index (χ1n) is 9.38. The number of ether oxygens (including phenoxy) is 3. The Morgan fingerprint density at radius 1 is 1.00 bits per heavy atom. The fraction of sp³-hybridized carbons (Fsp3) is 0.286. The molecule has 1 aromatic heterocycles. The highest BCUT2D eigenvalue weighted by molar-refractivity contribution is 5.78. The first-order valence-corrected chi connectivity index (χ1v) is 9.38. The van der Waals surface area contributed by atoms with Crippen molar-refractivity contribution in [1.29, 1.82) is 0 Å². The van der Waals surface area contributed by atoms with Crippen molar-refractivity contribution >= 4 is 5.91 Å². The molecule has 0 bridgehead atoms. The van der Waals surface area contributed by atoms with Crippen LogP contribution in [-0.4, -0.2) is 53.9 Å². The molecule has 1 aliphatic heterocycles. The smallest absolute Gasteiger partial charge is 0.264 e. The molecule has 0 atom stereocenters. The Bertz CT molecular complexity index is 938. The number of carbonyl (C=O) groups excluding carboxylic acids is 1. The van der Waals surface area contributed by atoms with Crippen molar-refractivity contribution in [1.82, 2.24) is 15.0 Å². The van der Waals surface area contributed by atoms with Crippen LogP contribution in [0.4, 0.5) is 0 Å². The first kappa shape index (κ1) is 18.9. The molecule has 1 fully saturated rings. The van der Waals surface area contributed by atoms with Gasteiger partial charge in [-0.2, -0.15) is 4.98 Å². The summed E-state index contributed by atoms with van der Waals surface area (Å²) in [6, 6.07) is 16.7. The first-order chi connectivity index (χ1) is 14.3. The van der Waals surface area contributed by atoms with Gasteiger partial charge in [0, 0.05) is 13.1 Å². The van der Waals surface area contributed by atoms with Gasteiger partial charge >= 0.3 is 0 Å². The lowest BCUT2D eigenvalue weighted by Crippen LogP contribution is -2.43. The molecule has 8 nitrogen and oxygen atoms in total. The SMILES string of the molecule is O=C(COc1ccccc1-c1noc(COc2ccccc2)n1)N1CCOCC1. The molecule has 0 radical (unpaired) electrons. The van der Waals surface area contributed by atoms with Gasteiger partial charge in [-0.25, -0.2) is 0 Å². The molecule has 1 amide bonds. The number of morpholine rings is 1. The molecule has 0 unspecified atom stereocenters. The highest BCUT2D eigenvalue weighted by Gasteiger charge is 2.19. The molecule has 2 heterocycles. The average Bonchev–Trinajstić information content (AvgIpc) is 3.26. The van der Waals surface area contributed by atoms with E-state index in [-0.39, 0.29) is 19.1 Å². The van der Waals surface area contributed by atoms with Crippen molar-refractivity contribution in [2.75, 3.05) is 32.9 Å². The summed E-state index contributed by atoms with van der Waals surface area (Å²) < 4.78 is 21.9. The molecule has 0 saturated carbocycles. The van der Waals surface area contributed by atoms with Crippen molar-refractivity contribution in [3.63, 3.8) is 0 Å². The van der Waals surface area contributed by atoms with Gasteiger partial charge in [0.1, 0.15) is 11.5 Å². The molecule has 1 aliphatic rings. The van der Waals surface area contributed by atoms with Crippen molar-refractivity contribution in [2.24, 2.45) is 0 Å². The Labute approximate surface area is 168 Å². The van der Waals surface area contributed by atoms with Gasteiger partial charge in [-0.05, 0) is 24.3 Å². The Morgan fingerprint density at radius 2 is 1.76 bits per heavy atom. The zero-order valence-corrected chi connectivity index (χ0v) is 15.8. The molecular formula is C21H21N3O5. The number of amides is 1. The highest BCUT2D eigenvalue weighted by atomic mass is 16.5. The minimum atomic E-state index is -0.0758. The summed E-state index contributed by atoms with van der Waals surface area (Å²) in [5.41, 5.74) is 0.650. The molecule has 4 rings (SSSR count). The van der Waals surface area contributed by atoms with E-state index in [0.717, 1.165) is 5.75 Å². The van der Waals surface area contributed by atoms with E-state index >= 15 is 0 Å². The van der Waals surface area contributed by atoms with Gasteiger partial charge in [0.05, 0.1) is 18.8 Å². The number of carbonyl (C=O) groups is 1. The molecule has 2 aromatic carbocycles. The van der Waals surface area contributed by atoms with Crippen LogP contribution in [0.15, 0.2) is 59.1 Å². The van der Waals surface area contributed by atoms with Crippen LogP contribution in [0.1, 0.15) is 5.89 Å². The summed E-state index contributed by atoms with van der Waals surface area (Å²) in [7, 11) is 0. The summed E-state index contributed by atoms with van der Waals surface area (Å²) in [6.07, 6.45) is 0. The number of para-hydroxylation sites is 2. The summed E-state index contributed by atoms with van der Waals surface area (Å²) in [5, 5.41) is 4.02. The molecular weight excluding hydrogens is 374 g/mol. The Balaban J connectivity index is 1.40. The number of benzene rings is 2. The minimum Gasteiger partial charge on any atom is -0.484 e. The molecule has 150 valence electrons. The van der Waals surface area contributed by atoms with Crippen molar-refractivity contribution in [2.45, 2.75) is 6.61 Å². The van der Waals surface area contributed by atoms with Gasteiger partial charge in [-0.3, -0.25) is 4.79 Å². The van der Waals surface area contributed by atoms with E-state index in [1.165, 1.54) is 0 Å². The van der Waals surface area contributed by atoms with Crippen molar-refractivity contribution in [3.8, 4) is 22.9 Å². The van der Waals surface area contributed by atoms with Crippen LogP contribution in [0.3, 0.4) is 0 Å². The zero-order valence-electron chi connectivity index (χ0n) is 15.8. The summed E-state index contributed by atoms with van der Waals surface area (Å²) in [5.74, 6) is 1.89. The second-order valence-corrected chi connectivity index (χ2v) is 6.39. The quantitative estimate of drug-likeness (QED) is 0.608. The molecule has 3 aromatic rings. The third-order valence-corrected chi connectivity index (χ3v) is 4.42. The number of hydrogen-bond acceptors (Lipinski definition) is 7. The summed E-state index contributed by atoms with van der Waals surface area (Å²) >= 11 is 0. The second-order valence-electron chi connectivity index (χ2n) is 6.39. The van der Waals surface area contributed by atoms with E-state index in [1.54, 1.807) is 11.0 Å². The van der Waals surface area contributed by atoms with Crippen molar-refractivity contribution < 1.29 is 23.5 Å². The van der Waals surface area contributed by atoms with E-state index in [2.05, 4.69) is 10.1 Å². The Kier molecular flexibility index (Phi) is 6.01. The third-order valence-electron chi connectivity index (χ3n) is 4.42. The van der Waals surface area contributed by atoms with E-state index < -0.39 is 0 Å². The molecule has 29 heavy (non-hydrogen) atoms. The molecule has 0 spiro atoms. The van der Waals surface area contributed by atoms with Crippen LogP contribution in [0.25, 0.3) is 11.4 Å². The maximum Gasteiger partial charge on any atom is 0.264 e. The predicted molar refractivity (Wildman–Crippen MR) is 103 cm³/mol. The number of rotatable bonds is 7. The van der Waals surface area contributed by atoms with E-state index in [0.29, 0.717) is 49.3 Å². The van der Waals surface area contributed by atoms with Gasteiger partial charge in [-0.15, -0.1) is 0 Å². The zero-order chi connectivity index (χ0) is 19.9. The molecule has 8 heteroatoms. The van der Waals surface area contributed by atoms with Gasteiger partial charge in [0.2, 0.25) is 5.82 Å². The second kappa shape index (κ2) is 9.20. The standard InChI is InChI=1S/C21H21N3O5/c25-20(24-10-12-26-13-11-24)15-28-18-9-5-4-8-17(18)21-22-19(29-23-21)14-27-16-6-2-1-3-7-16/h1-9H,10-15H2. The van der Waals surface area contributed by atoms with E-state index in [9.17, 15) is 4.79 Å². The fourth-order valence-electron chi connectivity index (χ4n) is 2.91. The maximum atomic E-state index is 12.3. The number of nitrogens with zero attached hydrogens (tertiary/aromatic N) is 3. The minimum absolute atomic E-state index is 0.0567. The van der Waals surface area contributed by atoms with Gasteiger partial charge < -0.3 is 23.6 Å². The average molecular weight is 395 g/mol. The summed E-state index contributed by atoms with van der Waals surface area (Å²) in [4.78, 5) is 18.4. The highest BCUT2D eigenvalue weighted by Crippen LogP contribution is 2.28. The van der Waals surface area contributed by atoms with E-state index in [4.69, 9.17) is 18.7 Å². The predicted octanol–water partition coefficient (Wildman–Crippen LogP) is 2.55. The van der Waals surface area contributed by atoms with E-state index in [1.807, 2.05) is 48.5 Å². The lowest BCUT2D eigenvalue weighted by atomic mass is 10.2. The lowest BCUT2D eigenvalue weighted by Gasteiger charge is -2.26. The van der Waals surface area contributed by atoms with Crippen LogP contribution in [0.5, 0.6) is 11.5 Å². The van der Waals surface area contributed by atoms with Crippen LogP contribution in [-0.2, 0) is 16.1 Å². The normalized spacial score (nSPS) is 13.9. The van der Waals surface area contributed by atoms with Gasteiger partial charge in [0.25, 0.3) is 11.8 Å². The largest absolute Gasteiger partial charge is 0.484 e. The molecule has 0 N–H and O–H groups in total. The van der Waals surface area contributed by atoms with Crippen LogP contribution in [0, 0.1) is 0 Å². The number of aromatic nitrogens is 2.